The molecule has 2 aromatic rings. The zero-order chi connectivity index (χ0) is 19.3. The summed E-state index contributed by atoms with van der Waals surface area (Å²) in [4.78, 5) is 17.8. The van der Waals surface area contributed by atoms with Gasteiger partial charge in [-0.15, -0.1) is 0 Å². The van der Waals surface area contributed by atoms with Gasteiger partial charge in [-0.2, -0.15) is 0 Å². The molecule has 0 N–H and O–H groups in total. The lowest BCUT2D eigenvalue weighted by molar-refractivity contribution is 0.0534. The van der Waals surface area contributed by atoms with Crippen LogP contribution < -0.4 is 9.47 Å². The number of carbonyl (C=O) groups excluding carboxylic acids is 1. The quantitative estimate of drug-likeness (QED) is 0.761. The maximum Gasteiger partial charge on any atom is 0.254 e. The van der Waals surface area contributed by atoms with Gasteiger partial charge in [0, 0.05) is 31.2 Å². The number of benzene rings is 2. The normalized spacial score (nSPS) is 18.8. The van der Waals surface area contributed by atoms with Crippen LogP contribution in [0.4, 0.5) is 0 Å². The first-order chi connectivity index (χ1) is 13.7. The second-order valence-corrected chi connectivity index (χ2v) is 7.58. The van der Waals surface area contributed by atoms with Crippen LogP contribution in [0.1, 0.15) is 42.1 Å². The van der Waals surface area contributed by atoms with Gasteiger partial charge in [0.15, 0.2) is 11.5 Å². The van der Waals surface area contributed by atoms with Gasteiger partial charge in [-0.3, -0.25) is 9.69 Å². The maximum atomic E-state index is 13.3. The van der Waals surface area contributed by atoms with Gasteiger partial charge >= 0.3 is 0 Å². The van der Waals surface area contributed by atoms with Crippen molar-refractivity contribution >= 4 is 5.91 Å². The van der Waals surface area contributed by atoms with Crippen LogP contribution >= 0.6 is 0 Å². The van der Waals surface area contributed by atoms with Gasteiger partial charge in [0.1, 0.15) is 0 Å². The molecule has 1 atom stereocenters. The van der Waals surface area contributed by atoms with Crippen molar-refractivity contribution in [3.05, 3.63) is 59.7 Å². The standard InChI is InChI=1S/C23H28N2O3/c1-2-12-25(23(26)19-10-11-21-22(14-19)28-17-27-21)20-9-6-13-24(16-20)15-18-7-4-3-5-8-18/h3-5,7-8,10-11,14,20H,2,6,9,12-13,15-17H2,1H3. The number of rotatable bonds is 6. The van der Waals surface area contributed by atoms with Gasteiger partial charge in [0.25, 0.3) is 5.91 Å². The molecule has 0 radical (unpaired) electrons. The molecule has 0 aromatic heterocycles. The fourth-order valence-electron chi connectivity index (χ4n) is 4.16. The maximum absolute atomic E-state index is 13.3. The number of hydrogen-bond donors (Lipinski definition) is 0. The molecule has 0 aliphatic carbocycles. The molecule has 4 rings (SSSR count). The number of likely N-dealkylation sites (tertiary alicyclic amines) is 1. The summed E-state index contributed by atoms with van der Waals surface area (Å²) in [7, 11) is 0. The average Bonchev–Trinajstić information content (AvgIpc) is 3.20. The first kappa shape index (κ1) is 18.8. The lowest BCUT2D eigenvalue weighted by atomic mass is 10.0. The molecule has 28 heavy (non-hydrogen) atoms. The molecule has 5 nitrogen and oxygen atoms in total. The smallest absolute Gasteiger partial charge is 0.254 e. The van der Waals surface area contributed by atoms with Crippen molar-refractivity contribution in [1.29, 1.82) is 0 Å². The van der Waals surface area contributed by atoms with Crippen LogP contribution in [-0.2, 0) is 6.54 Å². The van der Waals surface area contributed by atoms with Crippen molar-refractivity contribution in [3.63, 3.8) is 0 Å². The van der Waals surface area contributed by atoms with E-state index in [0.717, 1.165) is 45.4 Å². The van der Waals surface area contributed by atoms with Gasteiger partial charge < -0.3 is 14.4 Å². The van der Waals surface area contributed by atoms with E-state index in [1.165, 1.54) is 5.56 Å². The summed E-state index contributed by atoms with van der Waals surface area (Å²) in [5, 5.41) is 0. The Bertz CT molecular complexity index is 809. The molecule has 1 saturated heterocycles. The number of nitrogens with zero attached hydrogens (tertiary/aromatic N) is 2. The molecule has 5 heteroatoms. The predicted molar refractivity (Wildman–Crippen MR) is 109 cm³/mol. The highest BCUT2D eigenvalue weighted by Crippen LogP contribution is 2.33. The van der Waals surface area contributed by atoms with E-state index in [-0.39, 0.29) is 18.7 Å². The van der Waals surface area contributed by atoms with E-state index in [1.807, 2.05) is 18.2 Å². The number of piperidine rings is 1. The average molecular weight is 380 g/mol. The summed E-state index contributed by atoms with van der Waals surface area (Å²) in [6.45, 7) is 6.08. The molecule has 0 saturated carbocycles. The summed E-state index contributed by atoms with van der Waals surface area (Å²) in [5.74, 6) is 1.47. The van der Waals surface area contributed by atoms with Gasteiger partial charge in [-0.1, -0.05) is 37.3 Å². The Morgan fingerprint density at radius 2 is 1.96 bits per heavy atom. The Kier molecular flexibility index (Phi) is 5.81. The van der Waals surface area contributed by atoms with Crippen LogP contribution in [0, 0.1) is 0 Å². The Morgan fingerprint density at radius 3 is 2.79 bits per heavy atom. The molecule has 2 aliphatic rings. The molecule has 1 fully saturated rings. The van der Waals surface area contributed by atoms with E-state index in [1.54, 1.807) is 0 Å². The van der Waals surface area contributed by atoms with Crippen molar-refractivity contribution in [1.82, 2.24) is 9.80 Å². The van der Waals surface area contributed by atoms with Crippen molar-refractivity contribution in [2.45, 2.75) is 38.8 Å². The van der Waals surface area contributed by atoms with Crippen LogP contribution in [0.2, 0.25) is 0 Å². The summed E-state index contributed by atoms with van der Waals surface area (Å²) in [6, 6.07) is 16.3. The number of ether oxygens (including phenoxy) is 2. The highest BCUT2D eigenvalue weighted by Gasteiger charge is 2.29. The fraction of sp³-hybridized carbons (Fsp3) is 0.435. The number of hydrogen-bond acceptors (Lipinski definition) is 4. The van der Waals surface area contributed by atoms with Crippen molar-refractivity contribution in [2.24, 2.45) is 0 Å². The highest BCUT2D eigenvalue weighted by molar-refractivity contribution is 5.95. The van der Waals surface area contributed by atoms with Crippen LogP contribution in [0.15, 0.2) is 48.5 Å². The van der Waals surface area contributed by atoms with Crippen LogP contribution in [0.5, 0.6) is 11.5 Å². The second-order valence-electron chi connectivity index (χ2n) is 7.58. The molecule has 148 valence electrons. The molecular formula is C23H28N2O3. The largest absolute Gasteiger partial charge is 0.454 e. The summed E-state index contributed by atoms with van der Waals surface area (Å²) >= 11 is 0. The van der Waals surface area contributed by atoms with Gasteiger partial charge in [0.05, 0.1) is 0 Å². The second kappa shape index (κ2) is 8.65. The zero-order valence-corrected chi connectivity index (χ0v) is 16.5. The van der Waals surface area contributed by atoms with E-state index in [0.29, 0.717) is 17.1 Å². The van der Waals surface area contributed by atoms with Crippen LogP contribution in [0.3, 0.4) is 0 Å². The molecule has 2 aromatic carbocycles. The third-order valence-corrected chi connectivity index (χ3v) is 5.52. The number of fused-ring (bicyclic) bond motifs is 1. The van der Waals surface area contributed by atoms with Crippen molar-refractivity contribution in [3.8, 4) is 11.5 Å². The molecule has 0 spiro atoms. The molecule has 1 amide bonds. The Balaban J connectivity index is 1.48. The van der Waals surface area contributed by atoms with E-state index in [4.69, 9.17) is 9.47 Å². The summed E-state index contributed by atoms with van der Waals surface area (Å²) in [6.07, 6.45) is 3.12. The molecule has 2 aliphatic heterocycles. The fourth-order valence-corrected chi connectivity index (χ4v) is 4.16. The van der Waals surface area contributed by atoms with Crippen molar-refractivity contribution in [2.75, 3.05) is 26.4 Å². The Labute approximate surface area is 166 Å². The van der Waals surface area contributed by atoms with E-state index in [2.05, 4.69) is 47.1 Å². The molecule has 1 unspecified atom stereocenters. The Hall–Kier alpha value is -2.53. The van der Waals surface area contributed by atoms with E-state index in [9.17, 15) is 4.79 Å². The number of amides is 1. The topological polar surface area (TPSA) is 42.0 Å². The summed E-state index contributed by atoms with van der Waals surface area (Å²) in [5.41, 5.74) is 2.00. The molecular weight excluding hydrogens is 352 g/mol. The molecule has 0 bridgehead atoms. The Morgan fingerprint density at radius 1 is 1.14 bits per heavy atom. The van der Waals surface area contributed by atoms with Gasteiger partial charge in [-0.25, -0.2) is 0 Å². The first-order valence-electron chi connectivity index (χ1n) is 10.2. The minimum atomic E-state index is 0.0895. The van der Waals surface area contributed by atoms with Crippen LogP contribution in [-0.4, -0.2) is 48.2 Å². The SMILES string of the molecule is CCCN(C(=O)c1ccc2c(c1)OCO2)C1CCCN(Cc2ccccc2)C1. The van der Waals surface area contributed by atoms with Gasteiger partial charge in [-0.05, 0) is 49.6 Å². The van der Waals surface area contributed by atoms with E-state index < -0.39 is 0 Å². The van der Waals surface area contributed by atoms with Crippen molar-refractivity contribution < 1.29 is 14.3 Å². The predicted octanol–water partition coefficient (Wildman–Crippen LogP) is 3.93. The van der Waals surface area contributed by atoms with Crippen LogP contribution in [0.25, 0.3) is 0 Å². The monoisotopic (exact) mass is 380 g/mol. The lowest BCUT2D eigenvalue weighted by Crippen LogP contribution is -2.50. The van der Waals surface area contributed by atoms with E-state index >= 15 is 0 Å². The minimum absolute atomic E-state index is 0.0895. The zero-order valence-electron chi connectivity index (χ0n) is 16.5. The first-order valence-corrected chi connectivity index (χ1v) is 10.2. The lowest BCUT2D eigenvalue weighted by Gasteiger charge is -2.39. The molecule has 2 heterocycles. The number of carbonyl (C=O) groups is 1. The third kappa shape index (κ3) is 4.14. The summed E-state index contributed by atoms with van der Waals surface area (Å²) < 4.78 is 10.8. The third-order valence-electron chi connectivity index (χ3n) is 5.52. The highest BCUT2D eigenvalue weighted by atomic mass is 16.7. The van der Waals surface area contributed by atoms with Gasteiger partial charge in [0.2, 0.25) is 6.79 Å². The minimum Gasteiger partial charge on any atom is -0.454 e.